The summed E-state index contributed by atoms with van der Waals surface area (Å²) >= 11 is 5.28. The second-order valence-corrected chi connectivity index (χ2v) is 4.82. The first-order chi connectivity index (χ1) is 8.00. The van der Waals surface area contributed by atoms with Crippen LogP contribution in [0, 0.1) is 18.6 Å². The van der Waals surface area contributed by atoms with E-state index in [1.165, 1.54) is 0 Å². The molecule has 0 amide bonds. The SMILES string of the molecule is Cc1ccc(-n2c(C(C)C)n[nH]c2=S)c(C)n1. The van der Waals surface area contributed by atoms with Gasteiger partial charge in [-0.05, 0) is 38.2 Å². The van der Waals surface area contributed by atoms with Crippen molar-refractivity contribution in [3.05, 3.63) is 34.1 Å². The molecule has 2 aromatic heterocycles. The quantitative estimate of drug-likeness (QED) is 0.831. The third-order valence-electron chi connectivity index (χ3n) is 2.65. The second-order valence-electron chi connectivity index (χ2n) is 4.43. The van der Waals surface area contributed by atoms with Gasteiger partial charge in [0, 0.05) is 11.6 Å². The van der Waals surface area contributed by atoms with Crippen LogP contribution in [0.15, 0.2) is 12.1 Å². The van der Waals surface area contributed by atoms with Crippen molar-refractivity contribution in [1.82, 2.24) is 19.7 Å². The van der Waals surface area contributed by atoms with Gasteiger partial charge in [0.2, 0.25) is 0 Å². The molecule has 2 rings (SSSR count). The largest absolute Gasteiger partial charge is 0.270 e. The number of rotatable bonds is 2. The lowest BCUT2D eigenvalue weighted by Gasteiger charge is -2.11. The molecule has 5 heteroatoms. The van der Waals surface area contributed by atoms with Crippen molar-refractivity contribution in [2.24, 2.45) is 0 Å². The van der Waals surface area contributed by atoms with Crippen molar-refractivity contribution in [3.63, 3.8) is 0 Å². The van der Waals surface area contributed by atoms with E-state index in [1.54, 1.807) is 0 Å². The third-order valence-corrected chi connectivity index (χ3v) is 2.93. The summed E-state index contributed by atoms with van der Waals surface area (Å²) in [5.41, 5.74) is 2.97. The highest BCUT2D eigenvalue weighted by Crippen LogP contribution is 2.19. The van der Waals surface area contributed by atoms with Gasteiger partial charge in [-0.15, -0.1) is 0 Å². The Hall–Kier alpha value is -1.49. The molecule has 0 atom stereocenters. The first-order valence-corrected chi connectivity index (χ1v) is 6.03. The molecule has 17 heavy (non-hydrogen) atoms. The summed E-state index contributed by atoms with van der Waals surface area (Å²) in [4.78, 5) is 4.46. The summed E-state index contributed by atoms with van der Waals surface area (Å²) in [6, 6.07) is 4.02. The number of nitrogens with one attached hydrogen (secondary N) is 1. The van der Waals surface area contributed by atoms with Crippen LogP contribution in [0.4, 0.5) is 0 Å². The maximum absolute atomic E-state index is 5.28. The number of nitrogens with zero attached hydrogens (tertiary/aromatic N) is 3. The molecular formula is C12H16N4S. The molecule has 2 aromatic rings. The van der Waals surface area contributed by atoms with E-state index in [9.17, 15) is 0 Å². The molecule has 0 bridgehead atoms. The Balaban J connectivity index is 2.68. The van der Waals surface area contributed by atoms with Gasteiger partial charge in [-0.2, -0.15) is 5.10 Å². The summed E-state index contributed by atoms with van der Waals surface area (Å²) in [7, 11) is 0. The molecule has 0 unspecified atom stereocenters. The molecule has 0 radical (unpaired) electrons. The van der Waals surface area contributed by atoms with Crippen LogP contribution in [-0.4, -0.2) is 19.7 Å². The lowest BCUT2D eigenvalue weighted by Crippen LogP contribution is -2.06. The van der Waals surface area contributed by atoms with E-state index in [4.69, 9.17) is 12.2 Å². The maximum Gasteiger partial charge on any atom is 0.199 e. The van der Waals surface area contributed by atoms with E-state index in [0.29, 0.717) is 10.7 Å². The van der Waals surface area contributed by atoms with Crippen LogP contribution >= 0.6 is 12.2 Å². The number of pyridine rings is 1. The molecule has 4 nitrogen and oxygen atoms in total. The Bertz CT molecular complexity index is 595. The van der Waals surface area contributed by atoms with E-state index in [0.717, 1.165) is 22.9 Å². The van der Waals surface area contributed by atoms with Crippen molar-refractivity contribution in [2.75, 3.05) is 0 Å². The fourth-order valence-electron chi connectivity index (χ4n) is 1.84. The van der Waals surface area contributed by atoms with Crippen LogP contribution in [0.1, 0.15) is 37.0 Å². The Labute approximate surface area is 106 Å². The minimum atomic E-state index is 0.309. The smallest absolute Gasteiger partial charge is 0.199 e. The maximum atomic E-state index is 5.28. The van der Waals surface area contributed by atoms with Crippen molar-refractivity contribution in [1.29, 1.82) is 0 Å². The molecule has 0 aliphatic rings. The zero-order valence-electron chi connectivity index (χ0n) is 10.5. The van der Waals surface area contributed by atoms with Gasteiger partial charge in [-0.3, -0.25) is 14.6 Å². The van der Waals surface area contributed by atoms with E-state index in [-0.39, 0.29) is 0 Å². The average Bonchev–Trinajstić information content (AvgIpc) is 2.60. The Morgan fingerprint density at radius 1 is 1.29 bits per heavy atom. The van der Waals surface area contributed by atoms with Gasteiger partial charge in [0.05, 0.1) is 11.4 Å². The van der Waals surface area contributed by atoms with Crippen molar-refractivity contribution in [2.45, 2.75) is 33.6 Å². The molecule has 0 spiro atoms. The monoisotopic (exact) mass is 248 g/mol. The minimum absolute atomic E-state index is 0.309. The highest BCUT2D eigenvalue weighted by atomic mass is 32.1. The van der Waals surface area contributed by atoms with Crippen molar-refractivity contribution < 1.29 is 0 Å². The highest BCUT2D eigenvalue weighted by Gasteiger charge is 2.13. The standard InChI is InChI=1S/C12H16N4S/c1-7(2)11-14-15-12(17)16(11)10-6-5-8(3)13-9(10)4/h5-7H,1-4H3,(H,15,17). The predicted molar refractivity (Wildman–Crippen MR) is 70.1 cm³/mol. The van der Waals surface area contributed by atoms with Crippen molar-refractivity contribution >= 4 is 12.2 Å². The number of hydrogen-bond donors (Lipinski definition) is 1. The lowest BCUT2D eigenvalue weighted by atomic mass is 10.2. The summed E-state index contributed by atoms with van der Waals surface area (Å²) in [5, 5.41) is 7.12. The number of aryl methyl sites for hydroxylation is 2. The van der Waals surface area contributed by atoms with Gasteiger partial charge in [-0.1, -0.05) is 13.8 Å². The van der Waals surface area contributed by atoms with Crippen LogP contribution < -0.4 is 0 Å². The summed E-state index contributed by atoms with van der Waals surface area (Å²) in [6.45, 7) is 8.16. The van der Waals surface area contributed by atoms with Gasteiger partial charge in [-0.25, -0.2) is 0 Å². The molecule has 0 saturated heterocycles. The average molecular weight is 248 g/mol. The summed E-state index contributed by atoms with van der Waals surface area (Å²) in [6.07, 6.45) is 0. The second kappa shape index (κ2) is 4.41. The summed E-state index contributed by atoms with van der Waals surface area (Å²) in [5.74, 6) is 1.24. The van der Waals surface area contributed by atoms with Crippen LogP contribution in [0.25, 0.3) is 5.69 Å². The topological polar surface area (TPSA) is 46.5 Å². The van der Waals surface area contributed by atoms with E-state index in [1.807, 2.05) is 30.5 Å². The first-order valence-electron chi connectivity index (χ1n) is 5.62. The van der Waals surface area contributed by atoms with E-state index >= 15 is 0 Å². The zero-order chi connectivity index (χ0) is 12.6. The van der Waals surface area contributed by atoms with Gasteiger partial charge in [0.15, 0.2) is 4.77 Å². The normalized spacial score (nSPS) is 11.1. The van der Waals surface area contributed by atoms with E-state index < -0.39 is 0 Å². The molecule has 0 aliphatic carbocycles. The highest BCUT2D eigenvalue weighted by molar-refractivity contribution is 7.71. The zero-order valence-corrected chi connectivity index (χ0v) is 11.3. The van der Waals surface area contributed by atoms with Gasteiger partial charge >= 0.3 is 0 Å². The molecule has 0 saturated carbocycles. The van der Waals surface area contributed by atoms with Gasteiger partial charge in [0.25, 0.3) is 0 Å². The Morgan fingerprint density at radius 2 is 2.00 bits per heavy atom. The molecule has 1 N–H and O–H groups in total. The van der Waals surface area contributed by atoms with Crippen LogP contribution in [-0.2, 0) is 0 Å². The number of aromatic nitrogens is 4. The molecule has 0 aliphatic heterocycles. The van der Waals surface area contributed by atoms with E-state index in [2.05, 4.69) is 29.0 Å². The van der Waals surface area contributed by atoms with Crippen LogP contribution in [0.2, 0.25) is 0 Å². The van der Waals surface area contributed by atoms with Crippen LogP contribution in [0.3, 0.4) is 0 Å². The Kier molecular flexibility index (Phi) is 3.11. The first kappa shape index (κ1) is 12.0. The molecule has 0 aromatic carbocycles. The number of hydrogen-bond acceptors (Lipinski definition) is 3. The third kappa shape index (κ3) is 2.15. The van der Waals surface area contributed by atoms with Crippen LogP contribution in [0.5, 0.6) is 0 Å². The Morgan fingerprint density at radius 3 is 2.59 bits per heavy atom. The lowest BCUT2D eigenvalue weighted by molar-refractivity contribution is 0.740. The minimum Gasteiger partial charge on any atom is -0.270 e. The molecule has 2 heterocycles. The fourth-order valence-corrected chi connectivity index (χ4v) is 2.08. The molecule has 0 fully saturated rings. The summed E-state index contributed by atoms with van der Waals surface area (Å²) < 4.78 is 2.57. The van der Waals surface area contributed by atoms with Crippen molar-refractivity contribution in [3.8, 4) is 5.69 Å². The molecular weight excluding hydrogens is 232 g/mol. The number of H-pyrrole nitrogens is 1. The number of aromatic amines is 1. The van der Waals surface area contributed by atoms with Gasteiger partial charge in [0.1, 0.15) is 5.82 Å². The predicted octanol–water partition coefficient (Wildman–Crippen LogP) is 3.07. The molecule has 90 valence electrons. The van der Waals surface area contributed by atoms with Gasteiger partial charge < -0.3 is 0 Å². The fraction of sp³-hybridized carbons (Fsp3) is 0.417.